The zero-order chi connectivity index (χ0) is 15.0. The maximum Gasteiger partial charge on any atom is 0.257 e. The fourth-order valence-electron chi connectivity index (χ4n) is 1.31. The number of amides is 1. The average Bonchev–Trinajstić information content (AvgIpc) is 2.44. The van der Waals surface area contributed by atoms with E-state index in [0.717, 1.165) is 0 Å². The summed E-state index contributed by atoms with van der Waals surface area (Å²) >= 11 is 0. The molecule has 0 heterocycles. The van der Waals surface area contributed by atoms with E-state index in [0.29, 0.717) is 23.6 Å². The predicted octanol–water partition coefficient (Wildman–Crippen LogP) is -0.345. The zero-order valence-corrected chi connectivity index (χ0v) is 11.9. The molecule has 1 unspecified atom stereocenters. The van der Waals surface area contributed by atoms with Crippen LogP contribution in [0.4, 0.5) is 0 Å². The van der Waals surface area contributed by atoms with Crippen LogP contribution in [0.15, 0.2) is 29.4 Å². The Labute approximate surface area is 119 Å². The van der Waals surface area contributed by atoms with E-state index in [4.69, 9.17) is 15.7 Å². The van der Waals surface area contributed by atoms with Gasteiger partial charge in [0.2, 0.25) is 0 Å². The molecule has 1 aromatic rings. The Kier molecular flexibility index (Phi) is 6.51. The Hall–Kier alpha value is -2.09. The van der Waals surface area contributed by atoms with Gasteiger partial charge in [0.05, 0.1) is 0 Å². The van der Waals surface area contributed by atoms with Crippen molar-refractivity contribution in [1.82, 2.24) is 5.32 Å². The molecule has 20 heavy (non-hydrogen) atoms. The fourth-order valence-corrected chi connectivity index (χ4v) is 1.70. The summed E-state index contributed by atoms with van der Waals surface area (Å²) in [7, 11) is -0.929. The quantitative estimate of drug-likeness (QED) is 0.276. The van der Waals surface area contributed by atoms with Gasteiger partial charge < -0.3 is 21.0 Å². The molecular formula is C12H17N3O4S. The second-order valence-corrected chi connectivity index (χ2v) is 5.48. The minimum atomic E-state index is -0.929. The SMILES string of the molecule is CS(=O)CCNC(=O)COc1ccc(/C(N)=N/O)cc1. The molecule has 1 rings (SSSR count). The molecule has 0 aliphatic heterocycles. The highest BCUT2D eigenvalue weighted by Crippen LogP contribution is 2.11. The van der Waals surface area contributed by atoms with Gasteiger partial charge >= 0.3 is 0 Å². The summed E-state index contributed by atoms with van der Waals surface area (Å²) < 4.78 is 16.1. The molecule has 1 aromatic carbocycles. The first-order valence-corrected chi connectivity index (χ1v) is 7.53. The van der Waals surface area contributed by atoms with E-state index >= 15 is 0 Å². The van der Waals surface area contributed by atoms with Crippen LogP contribution in [0.3, 0.4) is 0 Å². The largest absolute Gasteiger partial charge is 0.484 e. The number of rotatable bonds is 7. The normalized spacial score (nSPS) is 12.8. The lowest BCUT2D eigenvalue weighted by molar-refractivity contribution is -0.122. The van der Waals surface area contributed by atoms with Gasteiger partial charge in [0.25, 0.3) is 5.91 Å². The van der Waals surface area contributed by atoms with Crippen molar-refractivity contribution in [3.63, 3.8) is 0 Å². The van der Waals surface area contributed by atoms with Crippen LogP contribution in [-0.2, 0) is 15.6 Å². The molecule has 0 aliphatic rings. The number of amidine groups is 1. The van der Waals surface area contributed by atoms with Gasteiger partial charge in [-0.1, -0.05) is 5.16 Å². The highest BCUT2D eigenvalue weighted by atomic mass is 32.2. The summed E-state index contributed by atoms with van der Waals surface area (Å²) in [5.74, 6) is 0.631. The highest BCUT2D eigenvalue weighted by Gasteiger charge is 2.04. The van der Waals surface area contributed by atoms with Crippen molar-refractivity contribution in [3.8, 4) is 5.75 Å². The van der Waals surface area contributed by atoms with E-state index in [1.165, 1.54) is 0 Å². The number of hydrogen-bond donors (Lipinski definition) is 3. The summed E-state index contributed by atoms with van der Waals surface area (Å²) in [5.41, 5.74) is 5.97. The molecule has 0 aliphatic carbocycles. The number of nitrogens with one attached hydrogen (secondary N) is 1. The lowest BCUT2D eigenvalue weighted by Gasteiger charge is -2.07. The van der Waals surface area contributed by atoms with Gasteiger partial charge in [-0.2, -0.15) is 0 Å². The Morgan fingerprint density at radius 3 is 2.65 bits per heavy atom. The molecule has 110 valence electrons. The van der Waals surface area contributed by atoms with Gasteiger partial charge in [0.15, 0.2) is 12.4 Å². The second-order valence-electron chi connectivity index (χ2n) is 3.93. The van der Waals surface area contributed by atoms with Crippen LogP contribution in [0.1, 0.15) is 5.56 Å². The molecule has 0 saturated heterocycles. The molecule has 7 nitrogen and oxygen atoms in total. The lowest BCUT2D eigenvalue weighted by atomic mass is 10.2. The van der Waals surface area contributed by atoms with Crippen molar-refractivity contribution >= 4 is 22.5 Å². The summed E-state index contributed by atoms with van der Waals surface area (Å²) in [4.78, 5) is 11.4. The minimum Gasteiger partial charge on any atom is -0.484 e. The Balaban J connectivity index is 2.38. The molecule has 0 bridgehead atoms. The van der Waals surface area contributed by atoms with Crippen LogP contribution in [0.25, 0.3) is 0 Å². The number of hydrogen-bond acceptors (Lipinski definition) is 5. The van der Waals surface area contributed by atoms with Crippen molar-refractivity contribution in [3.05, 3.63) is 29.8 Å². The van der Waals surface area contributed by atoms with Crippen LogP contribution in [0.5, 0.6) is 5.75 Å². The van der Waals surface area contributed by atoms with Gasteiger partial charge in [-0.15, -0.1) is 0 Å². The Morgan fingerprint density at radius 1 is 1.45 bits per heavy atom. The maximum absolute atomic E-state index is 11.4. The Morgan fingerprint density at radius 2 is 2.10 bits per heavy atom. The molecule has 0 spiro atoms. The number of carbonyl (C=O) groups excluding carboxylic acids is 1. The zero-order valence-electron chi connectivity index (χ0n) is 11.0. The van der Waals surface area contributed by atoms with Crippen LogP contribution >= 0.6 is 0 Å². The van der Waals surface area contributed by atoms with Crippen molar-refractivity contribution in [1.29, 1.82) is 0 Å². The topological polar surface area (TPSA) is 114 Å². The first-order valence-electron chi connectivity index (χ1n) is 5.80. The van der Waals surface area contributed by atoms with Gasteiger partial charge in [0.1, 0.15) is 5.75 Å². The van der Waals surface area contributed by atoms with Gasteiger partial charge in [0, 0.05) is 34.9 Å². The van der Waals surface area contributed by atoms with Crippen LogP contribution in [0, 0.1) is 0 Å². The smallest absolute Gasteiger partial charge is 0.257 e. The first kappa shape index (κ1) is 16.0. The van der Waals surface area contributed by atoms with E-state index < -0.39 is 10.8 Å². The van der Waals surface area contributed by atoms with Crippen molar-refractivity contribution in [2.75, 3.05) is 25.2 Å². The molecule has 0 fully saturated rings. The van der Waals surface area contributed by atoms with Gasteiger partial charge in [-0.3, -0.25) is 9.00 Å². The monoisotopic (exact) mass is 299 g/mol. The maximum atomic E-state index is 11.4. The van der Waals surface area contributed by atoms with E-state index in [2.05, 4.69) is 10.5 Å². The van der Waals surface area contributed by atoms with E-state index in [9.17, 15) is 9.00 Å². The van der Waals surface area contributed by atoms with E-state index in [1.807, 2.05) is 0 Å². The summed E-state index contributed by atoms with van der Waals surface area (Å²) in [5, 5.41) is 14.0. The molecule has 0 saturated carbocycles. The number of ether oxygens (including phenoxy) is 1. The number of nitrogens with zero attached hydrogens (tertiary/aromatic N) is 1. The van der Waals surface area contributed by atoms with Gasteiger partial charge in [-0.25, -0.2) is 0 Å². The Bertz CT molecular complexity index is 502. The minimum absolute atomic E-state index is 0.00172. The molecule has 8 heteroatoms. The third kappa shape index (κ3) is 5.70. The number of carbonyl (C=O) groups is 1. The summed E-state index contributed by atoms with van der Waals surface area (Å²) in [6, 6.07) is 6.45. The molecule has 4 N–H and O–H groups in total. The molecule has 1 amide bonds. The summed E-state index contributed by atoms with van der Waals surface area (Å²) in [6.45, 7) is 0.229. The van der Waals surface area contributed by atoms with E-state index in [1.54, 1.807) is 30.5 Å². The standard InChI is InChI=1S/C12H17N3O4S/c1-20(18)7-6-14-11(16)8-19-10-4-2-9(3-5-10)12(13)15-17/h2-5,17H,6-8H2,1H3,(H2,13,15)(H,14,16). The van der Waals surface area contributed by atoms with Crippen LogP contribution in [-0.4, -0.2) is 46.3 Å². The third-order valence-corrected chi connectivity index (χ3v) is 3.12. The van der Waals surface area contributed by atoms with Crippen LogP contribution < -0.4 is 15.8 Å². The summed E-state index contributed by atoms with van der Waals surface area (Å²) in [6.07, 6.45) is 1.57. The van der Waals surface area contributed by atoms with Crippen molar-refractivity contribution < 1.29 is 18.9 Å². The second kappa shape index (κ2) is 8.16. The molecule has 0 aromatic heterocycles. The van der Waals surface area contributed by atoms with Crippen LogP contribution in [0.2, 0.25) is 0 Å². The number of nitrogens with two attached hydrogens (primary N) is 1. The number of oxime groups is 1. The molecule has 1 atom stereocenters. The van der Waals surface area contributed by atoms with E-state index in [-0.39, 0.29) is 18.3 Å². The molecule has 0 radical (unpaired) electrons. The molecular weight excluding hydrogens is 282 g/mol. The predicted molar refractivity (Wildman–Crippen MR) is 76.4 cm³/mol. The average molecular weight is 299 g/mol. The first-order chi connectivity index (χ1) is 9.52. The van der Waals surface area contributed by atoms with Crippen molar-refractivity contribution in [2.24, 2.45) is 10.9 Å². The van der Waals surface area contributed by atoms with Gasteiger partial charge in [-0.05, 0) is 24.3 Å². The fraction of sp³-hybridized carbons (Fsp3) is 0.333. The third-order valence-electron chi connectivity index (χ3n) is 2.34. The highest BCUT2D eigenvalue weighted by molar-refractivity contribution is 7.84. The number of benzene rings is 1. The van der Waals surface area contributed by atoms with Crippen molar-refractivity contribution in [2.45, 2.75) is 0 Å². The lowest BCUT2D eigenvalue weighted by Crippen LogP contribution is -2.31.